The summed E-state index contributed by atoms with van der Waals surface area (Å²) < 4.78 is 9.57. The van der Waals surface area contributed by atoms with Crippen LogP contribution in [0.1, 0.15) is 32.1 Å². The fraction of sp³-hybridized carbons (Fsp3) is 0.250. The number of nitrogens with zero attached hydrogens (tertiary/aromatic N) is 2. The summed E-state index contributed by atoms with van der Waals surface area (Å²) in [5.41, 5.74) is 6.94. The van der Waals surface area contributed by atoms with E-state index >= 15 is 0 Å². The van der Waals surface area contributed by atoms with Crippen LogP contribution in [0.3, 0.4) is 0 Å². The number of rotatable bonds is 2. The van der Waals surface area contributed by atoms with E-state index < -0.39 is 11.9 Å². The quantitative estimate of drug-likeness (QED) is 0.277. The topological polar surface area (TPSA) is 104 Å². The monoisotopic (exact) mass is 1010 g/mol. The first-order valence-electron chi connectivity index (χ1n) is 7.55. The van der Waals surface area contributed by atoms with E-state index in [2.05, 4.69) is 56.7 Å². The molecular weight excluding hydrogens is 999 g/mol. The summed E-state index contributed by atoms with van der Waals surface area (Å²) >= 11 is 30.5. The average molecular weight is 1010 g/mol. The van der Waals surface area contributed by atoms with E-state index in [0.29, 0.717) is 33.0 Å². The normalized spacial score (nSPS) is 9.47. The molecule has 0 aliphatic rings. The van der Waals surface area contributed by atoms with Gasteiger partial charge in [-0.15, -0.1) is 0 Å². The Kier molecular flexibility index (Phi) is 20.2. The number of esters is 2. The minimum atomic E-state index is -0.661. The molecule has 1 radical (unpaired) electrons. The van der Waals surface area contributed by atoms with E-state index in [9.17, 15) is 9.59 Å². The van der Waals surface area contributed by atoms with E-state index in [1.54, 1.807) is 13.8 Å². The number of carbonyl (C=O) groups excluding carboxylic acids is 2. The van der Waals surface area contributed by atoms with Crippen LogP contribution in [0.2, 0.25) is 20.4 Å². The third-order valence-electron chi connectivity index (χ3n) is 3.35. The van der Waals surface area contributed by atoms with Crippen LogP contribution < -0.4 is 19.0 Å². The van der Waals surface area contributed by atoms with Gasteiger partial charge in [-0.1, -0.05) is 46.4 Å². The van der Waals surface area contributed by atoms with Gasteiger partial charge in [0.1, 0.15) is 10.3 Å². The Hall–Kier alpha value is 1.70. The van der Waals surface area contributed by atoms with Crippen LogP contribution in [0.4, 0.5) is 5.69 Å². The molecule has 0 aromatic carbocycles. The average Bonchev–Trinajstić information content (AvgIpc) is 2.75. The largest absolute Gasteiger partial charge is 0 e. The van der Waals surface area contributed by atoms with Gasteiger partial charge in [-0.3, -0.25) is 0 Å². The van der Waals surface area contributed by atoms with Crippen LogP contribution in [0, 0.1) is 17.4 Å². The van der Waals surface area contributed by atoms with Crippen molar-refractivity contribution in [3.05, 3.63) is 46.4 Å². The third-order valence-corrected chi connectivity index (χ3v) is 6.41. The summed E-state index contributed by atoms with van der Waals surface area (Å²) in [6.45, 7) is 3.40. The minimum Gasteiger partial charge on any atom is 0 e. The number of aromatic nitrogens is 2. The van der Waals surface area contributed by atoms with E-state index in [0.717, 1.165) is 0 Å². The van der Waals surface area contributed by atoms with Crippen molar-refractivity contribution in [2.24, 2.45) is 0 Å². The van der Waals surface area contributed by atoms with Crippen LogP contribution in [-0.2, 0) is 28.0 Å². The van der Waals surface area contributed by atoms with Crippen molar-refractivity contribution in [1.82, 2.24) is 9.97 Å². The number of anilines is 1. The second kappa shape index (κ2) is 18.0. The first-order valence-corrected chi connectivity index (χ1v) is 22.7. The number of pyridine rings is 2. The maximum atomic E-state index is 11.2. The van der Waals surface area contributed by atoms with Crippen LogP contribution in [0.25, 0.3) is 0 Å². The maximum absolute atomic E-state index is 11.2. The molecule has 2 aromatic rings. The standard InChI is InChI=1S/C8H6Cl2INO2.C8H8Cl2N2O2.I3.V/c2*1-3-4(9)5(11)6(8(13)14-2)12-7(3)10;1-3-2;/h1-2H3;11H2,1-2H3;;/q;;-1;. The van der Waals surface area contributed by atoms with Gasteiger partial charge in [-0.25, -0.2) is 19.6 Å². The molecular formula is C16H14Cl4I4N3O4V-. The Morgan fingerprint density at radius 2 is 1.22 bits per heavy atom. The van der Waals surface area contributed by atoms with Crippen LogP contribution in [-0.4, -0.2) is 36.1 Å². The van der Waals surface area contributed by atoms with Crippen molar-refractivity contribution in [2.75, 3.05) is 20.0 Å². The Balaban J connectivity index is 0. The van der Waals surface area contributed by atoms with E-state index in [4.69, 9.17) is 52.1 Å². The first kappa shape index (κ1) is 35.9. The molecule has 2 aromatic heterocycles. The van der Waals surface area contributed by atoms with Crippen molar-refractivity contribution < 1.29 is 50.9 Å². The summed E-state index contributed by atoms with van der Waals surface area (Å²) in [4.78, 5) is 30.1. The van der Waals surface area contributed by atoms with Gasteiger partial charge in [0, 0.05) is 29.7 Å². The number of hydrogen-bond donors (Lipinski definition) is 1. The molecule has 0 amide bonds. The zero-order valence-corrected chi connectivity index (χ0v) is 29.6. The molecule has 2 N–H and O–H groups in total. The molecule has 0 aliphatic heterocycles. The number of carbonyl (C=O) groups is 2. The van der Waals surface area contributed by atoms with Gasteiger partial charge in [0.2, 0.25) is 0 Å². The second-order valence-electron chi connectivity index (χ2n) is 5.15. The number of methoxy groups -OCH3 is 2. The Morgan fingerprint density at radius 1 is 0.875 bits per heavy atom. The summed E-state index contributed by atoms with van der Waals surface area (Å²) in [5, 5.41) is 1.02. The van der Waals surface area contributed by atoms with Crippen LogP contribution in [0.15, 0.2) is 0 Å². The molecule has 0 atom stereocenters. The summed E-state index contributed by atoms with van der Waals surface area (Å²) in [6, 6.07) is 0. The van der Waals surface area contributed by atoms with Crippen molar-refractivity contribution in [1.29, 1.82) is 0 Å². The molecule has 0 unspecified atom stereocenters. The number of nitrogens with two attached hydrogens (primary N) is 1. The summed E-state index contributed by atoms with van der Waals surface area (Å²) in [7, 11) is 2.51. The van der Waals surface area contributed by atoms with Crippen molar-refractivity contribution >= 4 is 124 Å². The van der Waals surface area contributed by atoms with Crippen molar-refractivity contribution in [2.45, 2.75) is 13.8 Å². The third kappa shape index (κ3) is 10.4. The van der Waals surface area contributed by atoms with Gasteiger partial charge in [0.25, 0.3) is 0 Å². The molecule has 0 aliphatic carbocycles. The van der Waals surface area contributed by atoms with Crippen molar-refractivity contribution in [3.63, 3.8) is 0 Å². The van der Waals surface area contributed by atoms with E-state index in [1.165, 1.54) is 14.2 Å². The molecule has 0 saturated carbocycles. The number of ether oxygens (including phenoxy) is 2. The van der Waals surface area contributed by atoms with Crippen molar-refractivity contribution in [3.8, 4) is 0 Å². The fourth-order valence-electron chi connectivity index (χ4n) is 1.71. The van der Waals surface area contributed by atoms with E-state index in [-0.39, 0.29) is 51.0 Å². The molecule has 16 heteroatoms. The Labute approximate surface area is 260 Å². The minimum absolute atomic E-state index is 0. The predicted octanol–water partition coefficient (Wildman–Crippen LogP) is 3.93. The second-order valence-corrected chi connectivity index (χ2v) is 23.9. The van der Waals surface area contributed by atoms with Gasteiger partial charge in [-0.05, 0) is 36.4 Å². The Bertz CT molecular complexity index is 898. The zero-order chi connectivity index (χ0) is 24.5. The Morgan fingerprint density at radius 3 is 1.62 bits per heavy atom. The molecule has 0 bridgehead atoms. The molecule has 0 spiro atoms. The molecule has 32 heavy (non-hydrogen) atoms. The van der Waals surface area contributed by atoms with Gasteiger partial charge >= 0.3 is 62.4 Å². The number of halogens is 8. The van der Waals surface area contributed by atoms with Crippen LogP contribution >= 0.6 is 106 Å². The SMILES string of the molecule is COC(=O)c1nc(Cl)c(C)c(Cl)c1I.COC(=O)c1nc(Cl)c(C)c(Cl)c1N.I[I-]I.[V]. The first-order chi connectivity index (χ1) is 14.4. The smallest absolute Gasteiger partial charge is 0 e. The molecule has 2 rings (SSSR count). The molecule has 2 heterocycles. The molecule has 179 valence electrons. The van der Waals surface area contributed by atoms with E-state index in [1.807, 2.05) is 22.6 Å². The predicted molar refractivity (Wildman–Crippen MR) is 146 cm³/mol. The molecule has 0 fully saturated rings. The molecule has 7 nitrogen and oxygen atoms in total. The van der Waals surface area contributed by atoms with Gasteiger partial charge in [-0.2, -0.15) is 0 Å². The van der Waals surface area contributed by atoms with Gasteiger partial charge < -0.3 is 15.2 Å². The number of nitrogen functional groups attached to an aromatic ring is 1. The molecule has 0 saturated heterocycles. The van der Waals surface area contributed by atoms with Gasteiger partial charge in [0.15, 0.2) is 11.4 Å². The summed E-state index contributed by atoms with van der Waals surface area (Å²) in [6.07, 6.45) is 0. The zero-order valence-electron chi connectivity index (χ0n) is 16.6. The maximum Gasteiger partial charge on any atom is 0 e. The summed E-state index contributed by atoms with van der Waals surface area (Å²) in [5.74, 6) is -1.20. The van der Waals surface area contributed by atoms with Gasteiger partial charge in [0.05, 0.1) is 33.5 Å². The fourth-order valence-corrected chi connectivity index (χ4v) is 3.27. The number of hydrogen-bond acceptors (Lipinski definition) is 7. The van der Waals surface area contributed by atoms with Crippen LogP contribution in [0.5, 0.6) is 0 Å².